The van der Waals surface area contributed by atoms with Crippen LogP contribution in [-0.2, 0) is 23.3 Å². The molecule has 208 valence electrons. The molecule has 0 aliphatic carbocycles. The molecule has 0 saturated heterocycles. The van der Waals surface area contributed by atoms with Gasteiger partial charge in [-0.2, -0.15) is 17.8 Å². The van der Waals surface area contributed by atoms with Gasteiger partial charge in [0.2, 0.25) is 11.9 Å². The largest absolute Gasteiger partial charge is 0.491 e. The third-order valence-corrected chi connectivity index (χ3v) is 7.32. The number of rotatable bonds is 14. The number of aryl methyl sites for hydroxylation is 3. The Labute approximate surface area is 222 Å². The first kappa shape index (κ1) is 29.1. The fourth-order valence-corrected chi connectivity index (χ4v) is 4.55. The summed E-state index contributed by atoms with van der Waals surface area (Å²) < 4.78 is 36.8. The lowest BCUT2D eigenvalue weighted by Crippen LogP contribution is -2.36. The van der Waals surface area contributed by atoms with Gasteiger partial charge < -0.3 is 15.0 Å². The van der Waals surface area contributed by atoms with Gasteiger partial charge in [0.15, 0.2) is 0 Å². The summed E-state index contributed by atoms with van der Waals surface area (Å²) in [4.78, 5) is 29.7. The summed E-state index contributed by atoms with van der Waals surface area (Å²) in [6.45, 7) is 7.34. The van der Waals surface area contributed by atoms with Crippen LogP contribution in [0.25, 0.3) is 11.0 Å². The van der Waals surface area contributed by atoms with Gasteiger partial charge in [0.1, 0.15) is 17.0 Å². The van der Waals surface area contributed by atoms with Gasteiger partial charge in [0.05, 0.1) is 17.8 Å². The van der Waals surface area contributed by atoms with Crippen LogP contribution in [0.15, 0.2) is 18.2 Å². The van der Waals surface area contributed by atoms with E-state index >= 15 is 0 Å². The van der Waals surface area contributed by atoms with Crippen LogP contribution >= 0.6 is 0 Å². The van der Waals surface area contributed by atoms with E-state index < -0.39 is 16.1 Å². The maximum Gasteiger partial charge on any atom is 0.278 e. The van der Waals surface area contributed by atoms with Crippen molar-refractivity contribution in [3.8, 4) is 5.75 Å². The second kappa shape index (κ2) is 12.4. The zero-order valence-electron chi connectivity index (χ0n) is 22.4. The van der Waals surface area contributed by atoms with Gasteiger partial charge in [-0.3, -0.25) is 19.6 Å². The molecule has 0 saturated carbocycles. The van der Waals surface area contributed by atoms with Crippen molar-refractivity contribution < 1.29 is 22.7 Å². The number of amides is 2. The standard InChI is InChI=1S/C24H36N8O5S/c1-6-11-31-21-18(27-24(31)28-23(34)19-13-16(3)29-32(19)7-2)14-17(22(25)33)15-20(21)37-12-9-8-10-26-38(35,36)30(4)5/h13-15,26H,6-12H2,1-5H3,(H2,25,33)(H,27,28,34). The van der Waals surface area contributed by atoms with Crippen LogP contribution in [0, 0.1) is 6.92 Å². The highest BCUT2D eigenvalue weighted by molar-refractivity contribution is 7.87. The number of benzene rings is 1. The summed E-state index contributed by atoms with van der Waals surface area (Å²) in [7, 11) is -0.572. The number of fused-ring (bicyclic) bond motifs is 1. The third-order valence-electron chi connectivity index (χ3n) is 5.79. The lowest BCUT2D eigenvalue weighted by atomic mass is 10.1. The van der Waals surface area contributed by atoms with E-state index in [0.29, 0.717) is 54.4 Å². The first-order chi connectivity index (χ1) is 18.0. The van der Waals surface area contributed by atoms with Crippen molar-refractivity contribution in [3.05, 3.63) is 35.2 Å². The number of primary amides is 1. The van der Waals surface area contributed by atoms with Crippen LogP contribution in [0.5, 0.6) is 5.75 Å². The van der Waals surface area contributed by atoms with E-state index in [9.17, 15) is 18.0 Å². The van der Waals surface area contributed by atoms with Crippen molar-refractivity contribution in [1.29, 1.82) is 0 Å². The molecule has 0 unspecified atom stereocenters. The first-order valence-corrected chi connectivity index (χ1v) is 13.9. The Morgan fingerprint density at radius 3 is 2.53 bits per heavy atom. The molecular weight excluding hydrogens is 512 g/mol. The summed E-state index contributed by atoms with van der Waals surface area (Å²) in [6, 6.07) is 4.85. The van der Waals surface area contributed by atoms with Crippen molar-refractivity contribution in [2.75, 3.05) is 32.6 Å². The Morgan fingerprint density at radius 1 is 1.16 bits per heavy atom. The summed E-state index contributed by atoms with van der Waals surface area (Å²) in [6.07, 6.45) is 1.86. The molecule has 2 amide bonds. The molecule has 0 aliphatic rings. The molecule has 38 heavy (non-hydrogen) atoms. The van der Waals surface area contributed by atoms with Crippen molar-refractivity contribution >= 4 is 39.0 Å². The lowest BCUT2D eigenvalue weighted by Gasteiger charge is -2.14. The molecule has 13 nitrogen and oxygen atoms in total. The Balaban J connectivity index is 1.86. The average Bonchev–Trinajstić information content (AvgIpc) is 3.41. The van der Waals surface area contributed by atoms with Crippen molar-refractivity contribution in [2.24, 2.45) is 5.73 Å². The van der Waals surface area contributed by atoms with E-state index in [4.69, 9.17) is 10.5 Å². The van der Waals surface area contributed by atoms with Gasteiger partial charge >= 0.3 is 0 Å². The number of nitrogens with two attached hydrogens (primary N) is 1. The predicted molar refractivity (Wildman–Crippen MR) is 144 cm³/mol. The minimum atomic E-state index is -3.48. The zero-order chi connectivity index (χ0) is 28.0. The van der Waals surface area contributed by atoms with Gasteiger partial charge in [-0.1, -0.05) is 6.92 Å². The first-order valence-electron chi connectivity index (χ1n) is 12.5. The Hall–Kier alpha value is -3.49. The van der Waals surface area contributed by atoms with Gasteiger partial charge in [0, 0.05) is 39.3 Å². The predicted octanol–water partition coefficient (Wildman–Crippen LogP) is 1.88. The monoisotopic (exact) mass is 548 g/mol. The molecule has 3 aromatic rings. The van der Waals surface area contributed by atoms with E-state index in [0.717, 1.165) is 16.4 Å². The summed E-state index contributed by atoms with van der Waals surface area (Å²) >= 11 is 0. The highest BCUT2D eigenvalue weighted by Gasteiger charge is 2.21. The van der Waals surface area contributed by atoms with Crippen LogP contribution in [0.2, 0.25) is 0 Å². The Morgan fingerprint density at radius 2 is 1.89 bits per heavy atom. The quantitative estimate of drug-likeness (QED) is 0.259. The molecule has 1 aromatic carbocycles. The highest BCUT2D eigenvalue weighted by Crippen LogP contribution is 2.31. The fraction of sp³-hybridized carbons (Fsp3) is 0.500. The van der Waals surface area contributed by atoms with Gasteiger partial charge in [-0.15, -0.1) is 0 Å². The minimum absolute atomic E-state index is 0.227. The number of ether oxygens (including phenoxy) is 1. The number of hydrogen-bond acceptors (Lipinski definition) is 7. The number of anilines is 1. The highest BCUT2D eigenvalue weighted by atomic mass is 32.2. The molecule has 0 bridgehead atoms. The van der Waals surface area contributed by atoms with Crippen molar-refractivity contribution in [1.82, 2.24) is 28.4 Å². The molecule has 2 heterocycles. The van der Waals surface area contributed by atoms with E-state index in [-0.39, 0.29) is 24.6 Å². The van der Waals surface area contributed by atoms with E-state index in [1.807, 2.05) is 25.3 Å². The van der Waals surface area contributed by atoms with Crippen LogP contribution in [-0.4, -0.2) is 71.1 Å². The number of imidazole rings is 1. The summed E-state index contributed by atoms with van der Waals surface area (Å²) in [5.74, 6) is -0.260. The molecular formula is C24H36N8O5S. The summed E-state index contributed by atoms with van der Waals surface area (Å²) in [5.41, 5.74) is 8.01. The van der Waals surface area contributed by atoms with Crippen molar-refractivity contribution in [2.45, 2.75) is 53.1 Å². The second-order valence-corrected chi connectivity index (χ2v) is 10.9. The van der Waals surface area contributed by atoms with E-state index in [2.05, 4.69) is 20.1 Å². The molecule has 3 rings (SSSR count). The number of aromatic nitrogens is 4. The number of nitrogens with one attached hydrogen (secondary N) is 2. The lowest BCUT2D eigenvalue weighted by molar-refractivity contribution is 0.0995. The fourth-order valence-electron chi connectivity index (χ4n) is 3.89. The Bertz CT molecular complexity index is 1410. The zero-order valence-corrected chi connectivity index (χ0v) is 23.3. The average molecular weight is 549 g/mol. The smallest absolute Gasteiger partial charge is 0.278 e. The van der Waals surface area contributed by atoms with Crippen LogP contribution in [0.3, 0.4) is 0 Å². The molecule has 2 aromatic heterocycles. The maximum absolute atomic E-state index is 13.1. The van der Waals surface area contributed by atoms with Crippen LogP contribution < -0.4 is 20.5 Å². The number of carbonyl (C=O) groups excluding carboxylic acids is 2. The second-order valence-electron chi connectivity index (χ2n) is 8.97. The normalized spacial score (nSPS) is 11.8. The molecule has 0 fully saturated rings. The summed E-state index contributed by atoms with van der Waals surface area (Å²) in [5, 5.41) is 7.22. The molecule has 4 N–H and O–H groups in total. The third kappa shape index (κ3) is 6.68. The number of nitrogens with zero attached hydrogens (tertiary/aromatic N) is 5. The number of hydrogen-bond donors (Lipinski definition) is 3. The van der Waals surface area contributed by atoms with Crippen molar-refractivity contribution in [3.63, 3.8) is 0 Å². The molecule has 0 aliphatic heterocycles. The molecule has 0 radical (unpaired) electrons. The number of carbonyl (C=O) groups is 2. The number of unbranched alkanes of at least 4 members (excludes halogenated alkanes) is 1. The van der Waals surface area contributed by atoms with E-state index in [1.165, 1.54) is 14.1 Å². The van der Waals surface area contributed by atoms with E-state index in [1.54, 1.807) is 22.9 Å². The molecule has 14 heteroatoms. The van der Waals surface area contributed by atoms with Crippen LogP contribution in [0.1, 0.15) is 59.7 Å². The minimum Gasteiger partial charge on any atom is -0.491 e. The van der Waals surface area contributed by atoms with Gasteiger partial charge in [-0.25, -0.2) is 9.71 Å². The molecule has 0 spiro atoms. The Kier molecular flexibility index (Phi) is 9.46. The SMILES string of the molecule is CCCn1c(NC(=O)c2cc(C)nn2CC)nc2cc(C(N)=O)cc(OCCCCNS(=O)(=O)N(C)C)c21. The van der Waals surface area contributed by atoms with Crippen LogP contribution in [0.4, 0.5) is 5.95 Å². The maximum atomic E-state index is 13.1. The topological polar surface area (TPSA) is 166 Å². The molecule has 0 atom stereocenters. The van der Waals surface area contributed by atoms with Gasteiger partial charge in [-0.05, 0) is 51.3 Å². The van der Waals surface area contributed by atoms with Gasteiger partial charge in [0.25, 0.3) is 16.1 Å².